The Morgan fingerprint density at radius 2 is 1.71 bits per heavy atom. The van der Waals surface area contributed by atoms with Gasteiger partial charge in [0.2, 0.25) is 11.2 Å². The van der Waals surface area contributed by atoms with Gasteiger partial charge in [0.25, 0.3) is 5.91 Å². The molecule has 0 saturated carbocycles. The number of anilines is 1. The number of carbonyl (C=O) groups is 1. The summed E-state index contributed by atoms with van der Waals surface area (Å²) in [7, 11) is 0. The maximum atomic E-state index is 13.1. The summed E-state index contributed by atoms with van der Waals surface area (Å²) in [5.41, 5.74) is 2.05. The highest BCUT2D eigenvalue weighted by molar-refractivity contribution is 6.31. The fourth-order valence-electron chi connectivity index (χ4n) is 3.15. The first-order valence-electron chi connectivity index (χ1n) is 9.43. The van der Waals surface area contributed by atoms with Crippen LogP contribution in [0.4, 0.5) is 5.69 Å². The summed E-state index contributed by atoms with van der Waals surface area (Å²) in [6.07, 6.45) is 0. The summed E-state index contributed by atoms with van der Waals surface area (Å²) < 4.78 is 11.6. The molecule has 4 aromatic rings. The zero-order chi connectivity index (χ0) is 22.0. The summed E-state index contributed by atoms with van der Waals surface area (Å²) in [6.45, 7) is 1.45. The van der Waals surface area contributed by atoms with Gasteiger partial charge in [-0.05, 0) is 48.9 Å². The molecule has 0 spiro atoms. The van der Waals surface area contributed by atoms with E-state index in [1.165, 1.54) is 6.07 Å². The molecule has 0 aliphatic heterocycles. The molecule has 0 saturated heterocycles. The van der Waals surface area contributed by atoms with Crippen LogP contribution < -0.4 is 15.5 Å². The zero-order valence-corrected chi connectivity index (χ0v) is 18.0. The largest absolute Gasteiger partial charge is 0.476 e. The van der Waals surface area contributed by atoms with E-state index in [9.17, 15) is 9.59 Å². The molecule has 3 aromatic carbocycles. The molecule has 1 aromatic heterocycles. The molecule has 0 atom stereocenters. The van der Waals surface area contributed by atoms with Gasteiger partial charge in [-0.15, -0.1) is 0 Å². The Hall–Kier alpha value is -3.28. The highest BCUT2D eigenvalue weighted by atomic mass is 35.5. The number of aryl methyl sites for hydroxylation is 1. The molecule has 4 rings (SSSR count). The van der Waals surface area contributed by atoms with Crippen molar-refractivity contribution < 1.29 is 13.9 Å². The summed E-state index contributed by atoms with van der Waals surface area (Å²) in [6, 6.07) is 19.0. The van der Waals surface area contributed by atoms with Gasteiger partial charge in [0, 0.05) is 21.3 Å². The van der Waals surface area contributed by atoms with Crippen LogP contribution in [0, 0.1) is 6.92 Å². The van der Waals surface area contributed by atoms with Gasteiger partial charge in [-0.25, -0.2) is 0 Å². The summed E-state index contributed by atoms with van der Waals surface area (Å²) in [4.78, 5) is 25.6. The average Bonchev–Trinajstić information content (AvgIpc) is 2.76. The van der Waals surface area contributed by atoms with Crippen molar-refractivity contribution in [2.45, 2.75) is 6.92 Å². The van der Waals surface area contributed by atoms with Gasteiger partial charge in [0.1, 0.15) is 5.58 Å². The van der Waals surface area contributed by atoms with Crippen LogP contribution in [-0.4, -0.2) is 12.5 Å². The van der Waals surface area contributed by atoms with Crippen LogP contribution in [0.3, 0.4) is 0 Å². The van der Waals surface area contributed by atoms with Crippen LogP contribution in [-0.2, 0) is 4.79 Å². The second-order valence-electron chi connectivity index (χ2n) is 6.89. The summed E-state index contributed by atoms with van der Waals surface area (Å²) in [5, 5.41) is 4.00. The highest BCUT2D eigenvalue weighted by Gasteiger charge is 2.19. The second kappa shape index (κ2) is 8.84. The molecule has 0 aliphatic carbocycles. The third kappa shape index (κ3) is 4.58. The number of nitrogens with one attached hydrogen (secondary N) is 1. The number of halogens is 2. The molecule has 7 heteroatoms. The van der Waals surface area contributed by atoms with Crippen molar-refractivity contribution in [1.29, 1.82) is 0 Å². The molecule has 0 radical (unpaired) electrons. The molecule has 1 N–H and O–H groups in total. The topological polar surface area (TPSA) is 68.5 Å². The fourth-order valence-corrected chi connectivity index (χ4v) is 3.55. The number of hydrogen-bond donors (Lipinski definition) is 1. The lowest BCUT2D eigenvalue weighted by Crippen LogP contribution is -2.23. The van der Waals surface area contributed by atoms with Crippen molar-refractivity contribution in [2.24, 2.45) is 0 Å². The molecule has 1 heterocycles. The van der Waals surface area contributed by atoms with Gasteiger partial charge in [0.15, 0.2) is 12.4 Å². The number of ether oxygens (including phenoxy) is 1. The number of hydrogen-bond acceptors (Lipinski definition) is 4. The van der Waals surface area contributed by atoms with Gasteiger partial charge in [-0.1, -0.05) is 53.5 Å². The van der Waals surface area contributed by atoms with Crippen molar-refractivity contribution in [3.63, 3.8) is 0 Å². The third-order valence-electron chi connectivity index (χ3n) is 4.66. The predicted octanol–water partition coefficient (Wildman–Crippen LogP) is 6.09. The van der Waals surface area contributed by atoms with E-state index in [1.54, 1.807) is 42.5 Å². The summed E-state index contributed by atoms with van der Waals surface area (Å²) >= 11 is 12.0. The Bertz CT molecular complexity index is 1330. The maximum Gasteiger partial charge on any atom is 0.262 e. The molecular weight excluding hydrogens is 437 g/mol. The van der Waals surface area contributed by atoms with Crippen LogP contribution in [0.15, 0.2) is 75.9 Å². The van der Waals surface area contributed by atoms with E-state index in [0.29, 0.717) is 26.9 Å². The van der Waals surface area contributed by atoms with Gasteiger partial charge >= 0.3 is 0 Å². The first kappa shape index (κ1) is 21.0. The molecule has 1 amide bonds. The lowest BCUT2D eigenvalue weighted by atomic mass is 10.1. The molecule has 0 fully saturated rings. The van der Waals surface area contributed by atoms with E-state index >= 15 is 0 Å². The van der Waals surface area contributed by atoms with Crippen molar-refractivity contribution in [3.8, 4) is 17.1 Å². The third-order valence-corrected chi connectivity index (χ3v) is 5.13. The molecule has 5 nitrogen and oxygen atoms in total. The minimum Gasteiger partial charge on any atom is -0.476 e. The molecule has 0 aliphatic rings. The van der Waals surface area contributed by atoms with Crippen molar-refractivity contribution in [2.75, 3.05) is 11.9 Å². The van der Waals surface area contributed by atoms with Crippen molar-refractivity contribution >= 4 is 45.8 Å². The molecule has 0 unspecified atom stereocenters. The molecule has 0 bridgehead atoms. The minimum atomic E-state index is -0.421. The Morgan fingerprint density at radius 3 is 2.45 bits per heavy atom. The minimum absolute atomic E-state index is 0.0519. The predicted molar refractivity (Wildman–Crippen MR) is 123 cm³/mol. The van der Waals surface area contributed by atoms with E-state index < -0.39 is 11.3 Å². The van der Waals surface area contributed by atoms with Crippen molar-refractivity contribution in [1.82, 2.24) is 0 Å². The van der Waals surface area contributed by atoms with Crippen LogP contribution >= 0.6 is 23.2 Å². The number of fused-ring (bicyclic) bond motifs is 1. The molecule has 156 valence electrons. The van der Waals surface area contributed by atoms with E-state index in [-0.39, 0.29) is 23.5 Å². The Labute approximate surface area is 188 Å². The fraction of sp³-hybridized carbons (Fsp3) is 0.0833. The number of amides is 1. The lowest BCUT2D eigenvalue weighted by Gasteiger charge is -2.13. The second-order valence-corrected chi connectivity index (χ2v) is 7.76. The first-order valence-corrected chi connectivity index (χ1v) is 10.2. The quantitative estimate of drug-likeness (QED) is 0.396. The Balaban J connectivity index is 1.68. The SMILES string of the molecule is Cc1cc(Cl)ccc1NC(=O)COc1c(-c2ccccc2)oc2ccc(Cl)cc2c1=O. The van der Waals surface area contributed by atoms with Gasteiger partial charge in [0.05, 0.1) is 5.39 Å². The van der Waals surface area contributed by atoms with E-state index in [2.05, 4.69) is 5.32 Å². The molecular formula is C24H17Cl2NO4. The number of carbonyl (C=O) groups excluding carboxylic acids is 1. The zero-order valence-electron chi connectivity index (χ0n) is 16.4. The van der Waals surface area contributed by atoms with Crippen LogP contribution in [0.2, 0.25) is 10.0 Å². The average molecular weight is 454 g/mol. The number of rotatable bonds is 5. The van der Waals surface area contributed by atoms with E-state index in [1.807, 2.05) is 25.1 Å². The smallest absolute Gasteiger partial charge is 0.262 e. The van der Waals surface area contributed by atoms with Gasteiger partial charge < -0.3 is 14.5 Å². The van der Waals surface area contributed by atoms with E-state index in [4.69, 9.17) is 32.4 Å². The Kier molecular flexibility index (Phi) is 5.98. The van der Waals surface area contributed by atoms with E-state index in [0.717, 1.165) is 5.56 Å². The lowest BCUT2D eigenvalue weighted by molar-refractivity contribution is -0.118. The summed E-state index contributed by atoms with van der Waals surface area (Å²) in [5.74, 6) is -0.227. The van der Waals surface area contributed by atoms with Gasteiger partial charge in [-0.3, -0.25) is 9.59 Å². The Morgan fingerprint density at radius 1 is 1.00 bits per heavy atom. The standard InChI is InChI=1S/C24H17Cl2NO4/c1-14-11-16(25)7-9-19(14)27-21(28)13-30-24-22(29)18-12-17(26)8-10-20(18)31-23(24)15-5-3-2-4-6-15/h2-12H,13H2,1H3,(H,27,28). The van der Waals surface area contributed by atoms with Crippen LogP contribution in [0.5, 0.6) is 5.75 Å². The van der Waals surface area contributed by atoms with Crippen molar-refractivity contribution in [3.05, 3.63) is 92.6 Å². The number of benzene rings is 3. The highest BCUT2D eigenvalue weighted by Crippen LogP contribution is 2.31. The molecule has 31 heavy (non-hydrogen) atoms. The van der Waals surface area contributed by atoms with Crippen LogP contribution in [0.25, 0.3) is 22.3 Å². The van der Waals surface area contributed by atoms with Crippen LogP contribution in [0.1, 0.15) is 5.56 Å². The first-order chi connectivity index (χ1) is 14.9. The monoisotopic (exact) mass is 453 g/mol. The maximum absolute atomic E-state index is 13.1. The van der Waals surface area contributed by atoms with Gasteiger partial charge in [-0.2, -0.15) is 0 Å². The normalized spacial score (nSPS) is 10.8.